The summed E-state index contributed by atoms with van der Waals surface area (Å²) < 4.78 is 38.8. The Balaban J connectivity index is 0.899. The molecule has 6 heteroatoms. The fourth-order valence-corrected chi connectivity index (χ4v) is 11.1. The van der Waals surface area contributed by atoms with Crippen LogP contribution in [-0.4, -0.2) is 6.10 Å². The van der Waals surface area contributed by atoms with E-state index in [0.717, 1.165) is 154 Å². The average Bonchev–Trinajstić information content (AvgIpc) is 4.22. The van der Waals surface area contributed by atoms with E-state index >= 15 is 0 Å². The van der Waals surface area contributed by atoms with E-state index in [-0.39, 0.29) is 12.0 Å². The number of para-hydroxylation sites is 2. The molecule has 2 aliphatic rings. The molecule has 0 bridgehead atoms. The van der Waals surface area contributed by atoms with E-state index in [0.29, 0.717) is 0 Å². The van der Waals surface area contributed by atoms with E-state index in [1.54, 1.807) is 0 Å². The first kappa shape index (κ1) is 34.7. The molecule has 6 heterocycles. The fraction of sp³-hybridized carbons (Fsp3) is 0.0333. The van der Waals surface area contributed by atoms with Crippen LogP contribution in [0.15, 0.2) is 204 Å². The van der Waals surface area contributed by atoms with Gasteiger partial charge in [0.15, 0.2) is 0 Å². The number of fused-ring (bicyclic) bond motifs is 21. The van der Waals surface area contributed by atoms with Crippen molar-refractivity contribution in [2.75, 3.05) is 0 Å². The predicted molar refractivity (Wildman–Crippen MR) is 265 cm³/mol. The van der Waals surface area contributed by atoms with Crippen LogP contribution in [-0.2, 0) is 0 Å². The van der Waals surface area contributed by atoms with Gasteiger partial charge in [-0.05, 0) is 143 Å². The molecule has 2 unspecified atom stereocenters. The van der Waals surface area contributed by atoms with Crippen molar-refractivity contribution in [1.82, 2.24) is 0 Å². The normalized spacial score (nSPS) is 15.9. The standard InChI is InChI=1S/C60H32O6/c1-4-10-46-40(7-1)55-52(61-46)22-16-37-43-28-31(13-19-49(43)64-58(37)55)34-25-35(32-14-20-50-44(29-32)38-17-23-53-56(59(38)65-50)41-8-2-5-11-47(41)62-53)27-36(26-34)33-15-21-51-45(30-33)39-18-24-54-57(60(39)66-51)42-9-3-6-12-48(42)63-54/h1-30,40,46H. The van der Waals surface area contributed by atoms with Crippen molar-refractivity contribution in [2.24, 2.45) is 0 Å². The molecular weight excluding hydrogens is 817 g/mol. The Morgan fingerprint density at radius 2 is 0.742 bits per heavy atom. The summed E-state index contributed by atoms with van der Waals surface area (Å²) >= 11 is 0. The lowest BCUT2D eigenvalue weighted by molar-refractivity contribution is 0.269. The van der Waals surface area contributed by atoms with E-state index in [1.807, 2.05) is 36.4 Å². The van der Waals surface area contributed by atoms with E-state index in [4.69, 9.17) is 26.8 Å². The highest BCUT2D eigenvalue weighted by molar-refractivity contribution is 6.23. The summed E-state index contributed by atoms with van der Waals surface area (Å²) in [6.45, 7) is 0. The average molecular weight is 849 g/mol. The third kappa shape index (κ3) is 4.69. The second-order valence-corrected chi connectivity index (χ2v) is 17.8. The summed E-state index contributed by atoms with van der Waals surface area (Å²) in [7, 11) is 0. The predicted octanol–water partition coefficient (Wildman–Crippen LogP) is 17.2. The van der Waals surface area contributed by atoms with Gasteiger partial charge in [0.1, 0.15) is 67.7 Å². The van der Waals surface area contributed by atoms with Crippen molar-refractivity contribution in [3.63, 3.8) is 0 Å². The van der Waals surface area contributed by atoms with Crippen LogP contribution < -0.4 is 4.74 Å². The van der Waals surface area contributed by atoms with Crippen LogP contribution in [0, 0.1) is 0 Å². The lowest BCUT2D eigenvalue weighted by atomic mass is 9.90. The molecule has 308 valence electrons. The molecule has 16 rings (SSSR count). The van der Waals surface area contributed by atoms with E-state index < -0.39 is 0 Å². The Hall–Kier alpha value is -8.74. The van der Waals surface area contributed by atoms with Gasteiger partial charge < -0.3 is 26.8 Å². The molecule has 0 radical (unpaired) electrons. The third-order valence-electron chi connectivity index (χ3n) is 14.2. The highest BCUT2D eigenvalue weighted by Crippen LogP contribution is 2.49. The molecule has 1 aliphatic heterocycles. The molecule has 2 atom stereocenters. The van der Waals surface area contributed by atoms with Gasteiger partial charge in [0.25, 0.3) is 0 Å². The smallest absolute Gasteiger partial charge is 0.147 e. The Kier molecular flexibility index (Phi) is 6.57. The second-order valence-electron chi connectivity index (χ2n) is 17.8. The molecule has 5 aromatic heterocycles. The van der Waals surface area contributed by atoms with Gasteiger partial charge in [-0.2, -0.15) is 0 Å². The van der Waals surface area contributed by atoms with Crippen molar-refractivity contribution in [3.8, 4) is 39.1 Å². The van der Waals surface area contributed by atoms with Crippen LogP contribution in [0.5, 0.6) is 5.75 Å². The van der Waals surface area contributed by atoms with Gasteiger partial charge in [-0.1, -0.05) is 72.8 Å². The fourth-order valence-electron chi connectivity index (χ4n) is 11.1. The molecule has 14 aromatic rings. The molecule has 66 heavy (non-hydrogen) atoms. The third-order valence-corrected chi connectivity index (χ3v) is 14.2. The largest absolute Gasteiger partial charge is 0.485 e. The summed E-state index contributed by atoms with van der Waals surface area (Å²) in [4.78, 5) is 0. The Bertz CT molecular complexity index is 4310. The summed E-state index contributed by atoms with van der Waals surface area (Å²) in [5, 5.41) is 10.5. The minimum atomic E-state index is -0.0165. The maximum absolute atomic E-state index is 6.68. The quantitative estimate of drug-likeness (QED) is 0.176. The Morgan fingerprint density at radius 3 is 1.29 bits per heavy atom. The monoisotopic (exact) mass is 848 g/mol. The van der Waals surface area contributed by atoms with Gasteiger partial charge in [0, 0.05) is 48.7 Å². The van der Waals surface area contributed by atoms with E-state index in [2.05, 4.69) is 146 Å². The zero-order chi connectivity index (χ0) is 42.8. The van der Waals surface area contributed by atoms with Crippen LogP contribution in [0.4, 0.5) is 0 Å². The first-order chi connectivity index (χ1) is 32.6. The molecular formula is C60H32O6. The number of allylic oxidation sites excluding steroid dienone is 2. The molecule has 0 spiro atoms. The topological polar surface area (TPSA) is 74.9 Å². The second kappa shape index (κ2) is 12.5. The van der Waals surface area contributed by atoms with Gasteiger partial charge >= 0.3 is 0 Å². The van der Waals surface area contributed by atoms with Gasteiger partial charge in [-0.25, -0.2) is 0 Å². The van der Waals surface area contributed by atoms with Crippen molar-refractivity contribution in [1.29, 1.82) is 0 Å². The molecule has 1 aliphatic carbocycles. The molecule has 0 saturated carbocycles. The summed E-state index contributed by atoms with van der Waals surface area (Å²) in [5.74, 6) is 1.01. The highest BCUT2D eigenvalue weighted by Gasteiger charge is 2.35. The number of benzene rings is 9. The van der Waals surface area contributed by atoms with Crippen molar-refractivity contribution >= 4 is 110 Å². The zero-order valence-electron chi connectivity index (χ0n) is 34.9. The molecule has 0 amide bonds. The lowest BCUT2D eigenvalue weighted by Crippen LogP contribution is -2.15. The van der Waals surface area contributed by atoms with Crippen LogP contribution in [0.3, 0.4) is 0 Å². The maximum atomic E-state index is 6.68. The minimum absolute atomic E-state index is 0.0165. The number of hydrogen-bond donors (Lipinski definition) is 0. The van der Waals surface area contributed by atoms with Crippen LogP contribution in [0.2, 0.25) is 0 Å². The van der Waals surface area contributed by atoms with Crippen LogP contribution >= 0.6 is 0 Å². The number of furan rings is 5. The van der Waals surface area contributed by atoms with Crippen molar-refractivity contribution in [2.45, 2.75) is 12.0 Å². The first-order valence-corrected chi connectivity index (χ1v) is 22.4. The zero-order valence-corrected chi connectivity index (χ0v) is 34.9. The van der Waals surface area contributed by atoms with E-state index in [1.165, 1.54) is 0 Å². The highest BCUT2D eigenvalue weighted by atomic mass is 16.5. The van der Waals surface area contributed by atoms with Crippen LogP contribution in [0.1, 0.15) is 11.5 Å². The van der Waals surface area contributed by atoms with Gasteiger partial charge in [-0.3, -0.25) is 0 Å². The first-order valence-electron chi connectivity index (χ1n) is 22.4. The molecule has 0 N–H and O–H groups in total. The lowest BCUT2D eigenvalue weighted by Gasteiger charge is -2.13. The van der Waals surface area contributed by atoms with Crippen LogP contribution in [0.25, 0.3) is 143 Å². The summed E-state index contributed by atoms with van der Waals surface area (Å²) in [5.41, 5.74) is 16.1. The molecule has 6 nitrogen and oxygen atoms in total. The van der Waals surface area contributed by atoms with Crippen molar-refractivity contribution < 1.29 is 26.8 Å². The summed E-state index contributed by atoms with van der Waals surface area (Å²) in [6, 6.07) is 55.5. The molecule has 9 aromatic carbocycles. The number of ether oxygens (including phenoxy) is 1. The Labute approximate surface area is 373 Å². The Morgan fingerprint density at radius 1 is 0.303 bits per heavy atom. The SMILES string of the molecule is C1=CC2Oc3ccc4c(oc5ccc(-c6cc(-c7ccc8oc9c(ccc%10oc%11ccccc%11c%109)c8c7)cc(-c7ccc8oc9c(ccc%10oc%11ccccc%11c%109)c8c7)c6)cc54)c3C2C=C1. The molecule has 0 saturated heterocycles. The summed E-state index contributed by atoms with van der Waals surface area (Å²) in [6.07, 6.45) is 8.49. The minimum Gasteiger partial charge on any atom is -0.485 e. The number of rotatable bonds is 3. The van der Waals surface area contributed by atoms with Crippen molar-refractivity contribution in [3.05, 3.63) is 188 Å². The van der Waals surface area contributed by atoms with Gasteiger partial charge in [0.2, 0.25) is 0 Å². The number of hydrogen-bond acceptors (Lipinski definition) is 6. The van der Waals surface area contributed by atoms with Gasteiger partial charge in [0.05, 0.1) is 16.7 Å². The molecule has 0 fully saturated rings. The van der Waals surface area contributed by atoms with Gasteiger partial charge in [-0.15, -0.1) is 0 Å². The maximum Gasteiger partial charge on any atom is 0.147 e. The van der Waals surface area contributed by atoms with E-state index in [9.17, 15) is 0 Å².